The van der Waals surface area contributed by atoms with Crippen LogP contribution in [0.5, 0.6) is 0 Å². The van der Waals surface area contributed by atoms with Gasteiger partial charge in [0.25, 0.3) is 11.8 Å². The zero-order valence-corrected chi connectivity index (χ0v) is 16.6. The van der Waals surface area contributed by atoms with Crippen LogP contribution in [0.3, 0.4) is 0 Å². The molecule has 2 aromatic heterocycles. The molecule has 5 rings (SSSR count). The molecule has 2 saturated heterocycles. The largest absolute Gasteiger partial charge is 0.369 e. The van der Waals surface area contributed by atoms with E-state index in [0.29, 0.717) is 25.3 Å². The second-order valence-electron chi connectivity index (χ2n) is 7.84. The molecule has 0 atom stereocenters. The predicted octanol–water partition coefficient (Wildman–Crippen LogP) is 2.41. The molecule has 3 aliphatic heterocycles. The Hall–Kier alpha value is -2.19. The molecule has 0 aromatic carbocycles. The fourth-order valence-electron chi connectivity index (χ4n) is 4.60. The fraction of sp³-hybridized carbons (Fsp3) is 0.550. The second kappa shape index (κ2) is 7.00. The van der Waals surface area contributed by atoms with Crippen molar-refractivity contribution in [3.05, 3.63) is 39.3 Å². The highest BCUT2D eigenvalue weighted by Gasteiger charge is 2.44. The molecule has 5 heterocycles. The molecule has 1 N–H and O–H groups in total. The van der Waals surface area contributed by atoms with Gasteiger partial charge in [-0.05, 0) is 43.7 Å². The summed E-state index contributed by atoms with van der Waals surface area (Å²) in [5.41, 5.74) is 1.50. The number of amides is 2. The van der Waals surface area contributed by atoms with Gasteiger partial charge in [-0.25, -0.2) is 0 Å². The van der Waals surface area contributed by atoms with Crippen molar-refractivity contribution < 1.29 is 14.3 Å². The Morgan fingerprint density at radius 2 is 1.86 bits per heavy atom. The van der Waals surface area contributed by atoms with Gasteiger partial charge in [0.15, 0.2) is 0 Å². The highest BCUT2D eigenvalue weighted by Crippen LogP contribution is 2.45. The van der Waals surface area contributed by atoms with Crippen LogP contribution in [-0.4, -0.2) is 64.6 Å². The summed E-state index contributed by atoms with van der Waals surface area (Å²) in [4.78, 5) is 31.3. The lowest BCUT2D eigenvalue weighted by Crippen LogP contribution is -2.47. The summed E-state index contributed by atoms with van der Waals surface area (Å²) in [7, 11) is 0. The molecule has 0 aliphatic carbocycles. The number of carbonyl (C=O) groups is 2. The molecular weight excluding hydrogens is 376 g/mol. The van der Waals surface area contributed by atoms with Crippen molar-refractivity contribution in [3.8, 4) is 0 Å². The normalized spacial score (nSPS) is 21.1. The first-order valence-corrected chi connectivity index (χ1v) is 10.8. The Morgan fingerprint density at radius 1 is 1.11 bits per heavy atom. The van der Waals surface area contributed by atoms with Crippen LogP contribution in [0.25, 0.3) is 0 Å². The predicted molar refractivity (Wildman–Crippen MR) is 105 cm³/mol. The lowest BCUT2D eigenvalue weighted by Gasteiger charge is -2.43. The number of nitrogens with zero attached hydrogens (tertiary/aromatic N) is 3. The smallest absolute Gasteiger partial charge is 0.263 e. The molecule has 7 nitrogen and oxygen atoms in total. The fourth-order valence-corrected chi connectivity index (χ4v) is 5.97. The van der Waals surface area contributed by atoms with Crippen molar-refractivity contribution in [2.45, 2.75) is 37.7 Å². The summed E-state index contributed by atoms with van der Waals surface area (Å²) < 4.78 is 6.30. The quantitative estimate of drug-likeness (QED) is 0.840. The van der Waals surface area contributed by atoms with Gasteiger partial charge in [0.05, 0.1) is 23.2 Å². The molecule has 1 spiro atoms. The minimum Gasteiger partial charge on any atom is -0.369 e. The second-order valence-corrected chi connectivity index (χ2v) is 8.89. The highest BCUT2D eigenvalue weighted by atomic mass is 32.1. The zero-order valence-electron chi connectivity index (χ0n) is 15.8. The van der Waals surface area contributed by atoms with Crippen LogP contribution in [0, 0.1) is 0 Å². The van der Waals surface area contributed by atoms with E-state index in [9.17, 15) is 9.59 Å². The number of ether oxygens (including phenoxy) is 1. The standard InChI is InChI=1S/C20H24N4O3S/c25-18(15-12-21-22-13-15)24-8-4-20(5-9-24)17-14(3-10-27-20)11-16(28-17)19(26)23-6-1-2-7-23/h11-13H,1-10H2,(H,21,22). The molecule has 0 bridgehead atoms. The molecule has 0 radical (unpaired) electrons. The summed E-state index contributed by atoms with van der Waals surface area (Å²) in [6.45, 7) is 3.71. The van der Waals surface area contributed by atoms with Gasteiger partial charge in [0.2, 0.25) is 0 Å². The molecular formula is C20H24N4O3S. The number of thiophene rings is 1. The summed E-state index contributed by atoms with van der Waals surface area (Å²) in [6, 6.07) is 2.09. The molecule has 0 saturated carbocycles. The van der Waals surface area contributed by atoms with E-state index in [4.69, 9.17) is 4.74 Å². The SMILES string of the molecule is O=C(c1cn[nH]c1)N1CCC2(CC1)OCCc1cc(C(=O)N3CCCC3)sc12. The maximum Gasteiger partial charge on any atom is 0.263 e. The number of H-pyrrole nitrogens is 1. The minimum atomic E-state index is -0.352. The van der Waals surface area contributed by atoms with Crippen molar-refractivity contribution in [1.29, 1.82) is 0 Å². The van der Waals surface area contributed by atoms with Crippen LogP contribution in [0.2, 0.25) is 0 Å². The number of aromatic amines is 1. The van der Waals surface area contributed by atoms with Gasteiger partial charge in [-0.1, -0.05) is 0 Å². The van der Waals surface area contributed by atoms with Gasteiger partial charge in [-0.15, -0.1) is 11.3 Å². The number of rotatable bonds is 2. The van der Waals surface area contributed by atoms with E-state index < -0.39 is 0 Å². The van der Waals surface area contributed by atoms with Crippen LogP contribution in [0.4, 0.5) is 0 Å². The molecule has 2 aromatic rings. The Morgan fingerprint density at radius 3 is 2.57 bits per heavy atom. The van der Waals surface area contributed by atoms with Gasteiger partial charge in [0, 0.05) is 37.3 Å². The third-order valence-corrected chi connectivity index (χ3v) is 7.53. The summed E-state index contributed by atoms with van der Waals surface area (Å²) in [6.07, 6.45) is 7.80. The number of aromatic nitrogens is 2. The van der Waals surface area contributed by atoms with Crippen LogP contribution in [0.1, 0.15) is 56.2 Å². The third-order valence-electron chi connectivity index (χ3n) is 6.18. The lowest BCUT2D eigenvalue weighted by molar-refractivity contribution is -0.0906. The first-order valence-electron chi connectivity index (χ1n) is 10.0. The maximum absolute atomic E-state index is 12.8. The Bertz CT molecular complexity index is 877. The summed E-state index contributed by atoms with van der Waals surface area (Å²) in [5.74, 6) is 0.176. The van der Waals surface area contributed by atoms with E-state index in [1.165, 1.54) is 10.4 Å². The lowest BCUT2D eigenvalue weighted by atomic mass is 9.85. The molecule has 28 heavy (non-hydrogen) atoms. The van der Waals surface area contributed by atoms with E-state index in [0.717, 1.165) is 50.1 Å². The van der Waals surface area contributed by atoms with E-state index in [-0.39, 0.29) is 17.4 Å². The zero-order chi connectivity index (χ0) is 19.1. The topological polar surface area (TPSA) is 78.5 Å². The number of nitrogens with one attached hydrogen (secondary N) is 1. The van der Waals surface area contributed by atoms with Crippen molar-refractivity contribution in [2.75, 3.05) is 32.8 Å². The molecule has 2 fully saturated rings. The third kappa shape index (κ3) is 2.95. The van der Waals surface area contributed by atoms with Gasteiger partial charge in [0.1, 0.15) is 5.60 Å². The van der Waals surface area contributed by atoms with Crippen molar-refractivity contribution in [1.82, 2.24) is 20.0 Å². The van der Waals surface area contributed by atoms with Gasteiger partial charge in [-0.3, -0.25) is 14.7 Å². The number of likely N-dealkylation sites (tertiary alicyclic amines) is 2. The summed E-state index contributed by atoms with van der Waals surface area (Å²) >= 11 is 1.61. The van der Waals surface area contributed by atoms with Crippen LogP contribution in [0.15, 0.2) is 18.5 Å². The van der Waals surface area contributed by atoms with E-state index in [1.54, 1.807) is 23.7 Å². The van der Waals surface area contributed by atoms with Gasteiger partial charge in [-0.2, -0.15) is 5.10 Å². The van der Waals surface area contributed by atoms with Gasteiger partial charge < -0.3 is 14.5 Å². The summed E-state index contributed by atoms with van der Waals surface area (Å²) in [5, 5.41) is 6.57. The van der Waals surface area contributed by atoms with Crippen LogP contribution >= 0.6 is 11.3 Å². The van der Waals surface area contributed by atoms with Crippen molar-refractivity contribution in [2.24, 2.45) is 0 Å². The number of hydrogen-bond acceptors (Lipinski definition) is 5. The molecule has 148 valence electrons. The molecule has 3 aliphatic rings. The Kier molecular flexibility index (Phi) is 4.47. The first kappa shape index (κ1) is 17.9. The van der Waals surface area contributed by atoms with E-state index >= 15 is 0 Å². The number of hydrogen-bond donors (Lipinski definition) is 1. The highest BCUT2D eigenvalue weighted by molar-refractivity contribution is 7.14. The number of carbonyl (C=O) groups excluding carboxylic acids is 2. The molecule has 2 amide bonds. The monoisotopic (exact) mass is 400 g/mol. The first-order chi connectivity index (χ1) is 13.7. The van der Waals surface area contributed by atoms with Crippen molar-refractivity contribution in [3.63, 3.8) is 0 Å². The average molecular weight is 401 g/mol. The van der Waals surface area contributed by atoms with E-state index in [1.807, 2.05) is 9.80 Å². The van der Waals surface area contributed by atoms with Crippen molar-refractivity contribution >= 4 is 23.2 Å². The Labute approximate surface area is 167 Å². The maximum atomic E-state index is 12.8. The Balaban J connectivity index is 1.35. The average Bonchev–Trinajstić information content (AvgIpc) is 3.49. The van der Waals surface area contributed by atoms with Gasteiger partial charge >= 0.3 is 0 Å². The van der Waals surface area contributed by atoms with Crippen LogP contribution < -0.4 is 0 Å². The van der Waals surface area contributed by atoms with Crippen LogP contribution in [-0.2, 0) is 16.8 Å². The minimum absolute atomic E-state index is 0.00992. The molecule has 8 heteroatoms. The number of piperidine rings is 1. The van der Waals surface area contributed by atoms with E-state index in [2.05, 4.69) is 16.3 Å². The number of fused-ring (bicyclic) bond motifs is 2. The molecule has 0 unspecified atom stereocenters.